The Labute approximate surface area is 106 Å². The number of fused-ring (bicyclic) bond motifs is 1. The van der Waals surface area contributed by atoms with Crippen LogP contribution in [0, 0.1) is 0 Å². The fraction of sp³-hybridized carbons (Fsp3) is 0. The molecule has 84 valence electrons. The van der Waals surface area contributed by atoms with Crippen molar-refractivity contribution >= 4 is 34.4 Å². The third-order valence-electron chi connectivity index (χ3n) is 2.22. The molecule has 0 saturated heterocycles. The van der Waals surface area contributed by atoms with Crippen LogP contribution in [-0.4, -0.2) is 24.5 Å². The third-order valence-corrected chi connectivity index (χ3v) is 2.65. The van der Waals surface area contributed by atoms with Gasteiger partial charge in [0.25, 0.3) is 0 Å². The lowest BCUT2D eigenvalue weighted by Crippen LogP contribution is -1.97. The second-order valence-electron chi connectivity index (χ2n) is 3.26. The monoisotopic (exact) mass is 265 g/mol. The van der Waals surface area contributed by atoms with Crippen LogP contribution in [0.2, 0.25) is 10.4 Å². The minimum absolute atomic E-state index is 0.0835. The Balaban J connectivity index is 2.32. The fourth-order valence-corrected chi connectivity index (χ4v) is 1.93. The van der Waals surface area contributed by atoms with Gasteiger partial charge in [0.2, 0.25) is 5.28 Å². The molecule has 0 unspecified atom stereocenters. The molecule has 3 heterocycles. The minimum atomic E-state index is 0.0835. The zero-order valence-electron chi connectivity index (χ0n) is 8.38. The van der Waals surface area contributed by atoms with Crippen LogP contribution in [0.25, 0.3) is 17.0 Å². The van der Waals surface area contributed by atoms with Crippen molar-refractivity contribution in [2.45, 2.75) is 0 Å². The molecule has 3 aromatic rings. The highest BCUT2D eigenvalue weighted by molar-refractivity contribution is 6.35. The first kappa shape index (κ1) is 10.4. The minimum Gasteiger partial charge on any atom is -0.267 e. The van der Waals surface area contributed by atoms with E-state index >= 15 is 0 Å². The number of aromatic nitrogens is 5. The van der Waals surface area contributed by atoms with Gasteiger partial charge in [0.15, 0.2) is 10.8 Å². The maximum atomic E-state index is 5.93. The van der Waals surface area contributed by atoms with Gasteiger partial charge in [-0.15, -0.1) is 0 Å². The van der Waals surface area contributed by atoms with Crippen molar-refractivity contribution in [1.29, 1.82) is 0 Å². The molecule has 17 heavy (non-hydrogen) atoms. The summed E-state index contributed by atoms with van der Waals surface area (Å²) < 4.78 is 1.70. The second kappa shape index (κ2) is 3.94. The lowest BCUT2D eigenvalue weighted by molar-refractivity contribution is 1.00. The molecule has 0 fully saturated rings. The zero-order chi connectivity index (χ0) is 11.8. The molecule has 0 spiro atoms. The number of pyridine rings is 1. The average Bonchev–Trinajstić information content (AvgIpc) is 2.74. The van der Waals surface area contributed by atoms with Crippen molar-refractivity contribution in [2.75, 3.05) is 0 Å². The van der Waals surface area contributed by atoms with E-state index in [1.807, 2.05) is 18.2 Å². The smallest absolute Gasteiger partial charge is 0.225 e. The molecule has 0 aromatic carbocycles. The van der Waals surface area contributed by atoms with E-state index in [1.54, 1.807) is 17.1 Å². The maximum absolute atomic E-state index is 5.93. The van der Waals surface area contributed by atoms with Crippen LogP contribution in [0.4, 0.5) is 0 Å². The second-order valence-corrected chi connectivity index (χ2v) is 3.95. The summed E-state index contributed by atoms with van der Waals surface area (Å²) in [4.78, 5) is 16.3. The van der Waals surface area contributed by atoms with E-state index in [9.17, 15) is 0 Å². The van der Waals surface area contributed by atoms with E-state index in [0.717, 1.165) is 0 Å². The first-order valence-electron chi connectivity index (χ1n) is 4.73. The van der Waals surface area contributed by atoms with Crippen LogP contribution in [0.1, 0.15) is 0 Å². The van der Waals surface area contributed by atoms with Crippen molar-refractivity contribution in [1.82, 2.24) is 24.5 Å². The molecule has 0 aliphatic rings. The van der Waals surface area contributed by atoms with Gasteiger partial charge in [-0.3, -0.25) is 4.57 Å². The molecular weight excluding hydrogens is 261 g/mol. The van der Waals surface area contributed by atoms with Crippen molar-refractivity contribution < 1.29 is 0 Å². The van der Waals surface area contributed by atoms with E-state index in [-0.39, 0.29) is 10.4 Å². The summed E-state index contributed by atoms with van der Waals surface area (Å²) in [6, 6.07) is 5.54. The van der Waals surface area contributed by atoms with E-state index in [4.69, 9.17) is 23.2 Å². The van der Waals surface area contributed by atoms with Crippen molar-refractivity contribution in [3.8, 4) is 5.82 Å². The average molecular weight is 266 g/mol. The SMILES string of the molecule is Clc1nc(Cl)c2ncn(-c3ccccn3)c2n1. The molecule has 0 N–H and O–H groups in total. The van der Waals surface area contributed by atoms with Gasteiger partial charge >= 0.3 is 0 Å². The van der Waals surface area contributed by atoms with Gasteiger partial charge in [0.05, 0.1) is 0 Å². The lowest BCUT2D eigenvalue weighted by atomic mass is 10.4. The molecule has 7 heteroatoms. The largest absolute Gasteiger partial charge is 0.267 e. The van der Waals surface area contributed by atoms with Gasteiger partial charge in [-0.25, -0.2) is 15.0 Å². The Bertz CT molecular complexity index is 680. The summed E-state index contributed by atoms with van der Waals surface area (Å²) in [5, 5.41) is 0.315. The normalized spacial score (nSPS) is 10.9. The molecule has 0 radical (unpaired) electrons. The molecule has 0 amide bonds. The van der Waals surface area contributed by atoms with Gasteiger partial charge in [-0.2, -0.15) is 4.98 Å². The third kappa shape index (κ3) is 1.73. The highest BCUT2D eigenvalue weighted by Gasteiger charge is 2.12. The first-order chi connectivity index (χ1) is 8.25. The van der Waals surface area contributed by atoms with Crippen LogP contribution in [-0.2, 0) is 0 Å². The Morgan fingerprint density at radius 3 is 2.71 bits per heavy atom. The summed E-state index contributed by atoms with van der Waals surface area (Å²) in [5.41, 5.74) is 1.04. The zero-order valence-corrected chi connectivity index (χ0v) is 9.89. The van der Waals surface area contributed by atoms with Crippen LogP contribution in [0.5, 0.6) is 0 Å². The van der Waals surface area contributed by atoms with Crippen LogP contribution in [0.3, 0.4) is 0 Å². The summed E-state index contributed by atoms with van der Waals surface area (Å²) in [5.74, 6) is 0.695. The maximum Gasteiger partial charge on any atom is 0.225 e. The molecule has 5 nitrogen and oxygen atoms in total. The number of halogens is 2. The number of hydrogen-bond acceptors (Lipinski definition) is 4. The van der Waals surface area contributed by atoms with Gasteiger partial charge in [-0.05, 0) is 23.7 Å². The molecular formula is C10H5Cl2N5. The summed E-state index contributed by atoms with van der Waals surface area (Å²) in [6.45, 7) is 0. The van der Waals surface area contributed by atoms with Gasteiger partial charge in [-0.1, -0.05) is 17.7 Å². The van der Waals surface area contributed by atoms with E-state index in [0.29, 0.717) is 17.0 Å². The van der Waals surface area contributed by atoms with E-state index in [1.165, 1.54) is 0 Å². The Morgan fingerprint density at radius 1 is 1.06 bits per heavy atom. The summed E-state index contributed by atoms with van der Waals surface area (Å²) in [6.07, 6.45) is 3.27. The number of hydrogen-bond donors (Lipinski definition) is 0. The highest BCUT2D eigenvalue weighted by Crippen LogP contribution is 2.22. The van der Waals surface area contributed by atoms with E-state index < -0.39 is 0 Å². The van der Waals surface area contributed by atoms with Crippen molar-refractivity contribution in [3.63, 3.8) is 0 Å². The molecule has 3 rings (SSSR count). The fourth-order valence-electron chi connectivity index (χ4n) is 1.50. The number of rotatable bonds is 1. The van der Waals surface area contributed by atoms with Gasteiger partial charge in [0.1, 0.15) is 17.7 Å². The van der Waals surface area contributed by atoms with Crippen LogP contribution >= 0.6 is 23.2 Å². The van der Waals surface area contributed by atoms with Crippen LogP contribution in [0.15, 0.2) is 30.7 Å². The topological polar surface area (TPSA) is 56.5 Å². The van der Waals surface area contributed by atoms with Crippen molar-refractivity contribution in [2.24, 2.45) is 0 Å². The number of imidazole rings is 1. The summed E-state index contributed by atoms with van der Waals surface area (Å²) >= 11 is 11.7. The molecule has 0 bridgehead atoms. The molecule has 0 aliphatic heterocycles. The Kier molecular flexibility index (Phi) is 2.42. The van der Waals surface area contributed by atoms with Gasteiger partial charge < -0.3 is 0 Å². The number of nitrogens with zero attached hydrogens (tertiary/aromatic N) is 5. The predicted molar refractivity (Wildman–Crippen MR) is 64.5 cm³/mol. The van der Waals surface area contributed by atoms with Gasteiger partial charge in [0, 0.05) is 6.20 Å². The molecule has 0 saturated carbocycles. The molecule has 0 aliphatic carbocycles. The summed E-state index contributed by atoms with van der Waals surface area (Å²) in [7, 11) is 0. The lowest BCUT2D eigenvalue weighted by Gasteiger charge is -2.01. The highest BCUT2D eigenvalue weighted by atomic mass is 35.5. The standard InChI is InChI=1S/C10H5Cl2N5/c11-8-7-9(16-10(12)15-8)17(5-14-7)6-3-1-2-4-13-6/h1-5H. The molecule has 0 atom stereocenters. The first-order valence-corrected chi connectivity index (χ1v) is 5.49. The molecule has 3 aromatic heterocycles. The van der Waals surface area contributed by atoms with Crippen LogP contribution < -0.4 is 0 Å². The Morgan fingerprint density at radius 2 is 1.94 bits per heavy atom. The van der Waals surface area contributed by atoms with E-state index in [2.05, 4.69) is 19.9 Å². The Hall–Kier alpha value is -1.72. The predicted octanol–water partition coefficient (Wildman–Crippen LogP) is 2.52. The quantitative estimate of drug-likeness (QED) is 0.501. The van der Waals surface area contributed by atoms with Crippen molar-refractivity contribution in [3.05, 3.63) is 41.2 Å².